The number of hydrogen-bond donors (Lipinski definition) is 2. The minimum atomic E-state index is -0.623. The van der Waals surface area contributed by atoms with Crippen LogP contribution in [0.4, 0.5) is 0 Å². The quantitative estimate of drug-likeness (QED) is 0.835. The van der Waals surface area contributed by atoms with Gasteiger partial charge in [-0.1, -0.05) is 11.6 Å². The molecule has 1 rings (SSSR count). The smallest absolute Gasteiger partial charge is 0.260 e. The Morgan fingerprint density at radius 1 is 1.41 bits per heavy atom. The van der Waals surface area contributed by atoms with E-state index in [4.69, 9.17) is 4.74 Å². The highest BCUT2D eigenvalue weighted by Gasteiger charge is 2.16. The molecule has 0 aromatic heterocycles. The predicted molar refractivity (Wildman–Crippen MR) is 66.0 cm³/mol. The van der Waals surface area contributed by atoms with Gasteiger partial charge in [0.25, 0.3) is 5.91 Å². The van der Waals surface area contributed by atoms with E-state index < -0.39 is 12.2 Å². The third-order valence-corrected chi connectivity index (χ3v) is 2.53. The number of nitrogens with one attached hydrogen (secondary N) is 1. The second-order valence-corrected chi connectivity index (χ2v) is 4.09. The van der Waals surface area contributed by atoms with Gasteiger partial charge in [-0.2, -0.15) is 0 Å². The maximum atomic E-state index is 11.4. The van der Waals surface area contributed by atoms with Crippen LogP contribution in [0.3, 0.4) is 0 Å². The van der Waals surface area contributed by atoms with E-state index in [0.717, 1.165) is 5.56 Å². The number of rotatable bonds is 4. The lowest BCUT2D eigenvalue weighted by Crippen LogP contribution is -2.34. The number of amides is 1. The number of aryl methyl sites for hydroxylation is 1. The summed E-state index contributed by atoms with van der Waals surface area (Å²) >= 11 is 0. The first kappa shape index (κ1) is 13.5. The zero-order valence-corrected chi connectivity index (χ0v) is 10.7. The number of carbonyl (C=O) groups excluding carboxylic acids is 1. The summed E-state index contributed by atoms with van der Waals surface area (Å²) in [6, 6.07) is 5.52. The molecule has 0 radical (unpaired) electrons. The first-order valence-corrected chi connectivity index (χ1v) is 5.62. The molecule has 4 heteroatoms. The van der Waals surface area contributed by atoms with Gasteiger partial charge >= 0.3 is 0 Å². The Bertz CT molecular complexity index is 402. The van der Waals surface area contributed by atoms with Crippen LogP contribution in [-0.4, -0.2) is 24.2 Å². The van der Waals surface area contributed by atoms with E-state index in [2.05, 4.69) is 5.32 Å². The van der Waals surface area contributed by atoms with Gasteiger partial charge in [-0.3, -0.25) is 4.79 Å². The van der Waals surface area contributed by atoms with E-state index in [1.165, 1.54) is 0 Å². The van der Waals surface area contributed by atoms with E-state index in [-0.39, 0.29) is 5.91 Å². The highest BCUT2D eigenvalue weighted by atomic mass is 16.5. The van der Waals surface area contributed by atoms with E-state index >= 15 is 0 Å². The summed E-state index contributed by atoms with van der Waals surface area (Å²) in [4.78, 5) is 11.4. The van der Waals surface area contributed by atoms with E-state index in [1.54, 1.807) is 27.0 Å². The Labute approximate surface area is 102 Å². The summed E-state index contributed by atoms with van der Waals surface area (Å²) in [6.45, 7) is 5.29. The number of aliphatic hydroxyl groups is 1. The van der Waals surface area contributed by atoms with Crippen molar-refractivity contribution in [2.45, 2.75) is 33.0 Å². The number of benzene rings is 1. The van der Waals surface area contributed by atoms with Crippen LogP contribution < -0.4 is 10.1 Å². The molecule has 1 amide bonds. The van der Waals surface area contributed by atoms with Gasteiger partial charge in [0.2, 0.25) is 0 Å². The fourth-order valence-electron chi connectivity index (χ4n) is 1.55. The summed E-state index contributed by atoms with van der Waals surface area (Å²) < 4.78 is 5.54. The Balaban J connectivity index is 2.94. The average Bonchev–Trinajstić information content (AvgIpc) is 2.29. The van der Waals surface area contributed by atoms with Crippen LogP contribution in [0, 0.1) is 6.92 Å². The molecule has 0 spiro atoms. The molecule has 0 fully saturated rings. The molecule has 0 aliphatic heterocycles. The molecule has 1 aromatic rings. The van der Waals surface area contributed by atoms with Gasteiger partial charge < -0.3 is 15.2 Å². The zero-order chi connectivity index (χ0) is 13.0. The van der Waals surface area contributed by atoms with Gasteiger partial charge in [0, 0.05) is 12.6 Å². The van der Waals surface area contributed by atoms with Crippen molar-refractivity contribution in [1.29, 1.82) is 0 Å². The van der Waals surface area contributed by atoms with Crippen LogP contribution in [0.25, 0.3) is 0 Å². The SMILES string of the molecule is CNC(=O)C(C)Oc1ccc(C)cc1C(C)O. The lowest BCUT2D eigenvalue weighted by molar-refractivity contribution is -0.126. The number of hydrogen-bond acceptors (Lipinski definition) is 3. The molecule has 0 heterocycles. The van der Waals surface area contributed by atoms with Crippen LogP contribution in [0.2, 0.25) is 0 Å². The molecule has 1 aromatic carbocycles. The second-order valence-electron chi connectivity index (χ2n) is 4.09. The topological polar surface area (TPSA) is 58.6 Å². The molecule has 2 N–H and O–H groups in total. The number of likely N-dealkylation sites (N-methyl/N-ethyl adjacent to an activating group) is 1. The average molecular weight is 237 g/mol. The summed E-state index contributed by atoms with van der Waals surface area (Å²) in [7, 11) is 1.56. The molecule has 0 aliphatic carbocycles. The summed E-state index contributed by atoms with van der Waals surface area (Å²) in [5.41, 5.74) is 1.74. The molecular formula is C13H19NO3. The Kier molecular flexibility index (Phi) is 4.52. The van der Waals surface area contributed by atoms with E-state index in [1.807, 2.05) is 19.1 Å². The third-order valence-electron chi connectivity index (χ3n) is 2.53. The van der Waals surface area contributed by atoms with Crippen molar-refractivity contribution < 1.29 is 14.6 Å². The Hall–Kier alpha value is -1.55. The lowest BCUT2D eigenvalue weighted by atomic mass is 10.1. The second kappa shape index (κ2) is 5.68. The molecule has 4 nitrogen and oxygen atoms in total. The minimum Gasteiger partial charge on any atom is -0.481 e. The molecule has 0 bridgehead atoms. The number of ether oxygens (including phenoxy) is 1. The number of aliphatic hydroxyl groups excluding tert-OH is 1. The van der Waals surface area contributed by atoms with Crippen LogP contribution in [0.5, 0.6) is 5.75 Å². The van der Waals surface area contributed by atoms with Crippen molar-refractivity contribution in [2.75, 3.05) is 7.05 Å². The normalized spacial score (nSPS) is 13.9. The standard InChI is InChI=1S/C13H19NO3/c1-8-5-6-12(11(7-8)9(2)15)17-10(3)13(16)14-4/h5-7,9-10,15H,1-4H3,(H,14,16). The first-order valence-electron chi connectivity index (χ1n) is 5.62. The van der Waals surface area contributed by atoms with Crippen LogP contribution in [0.1, 0.15) is 31.1 Å². The summed E-state index contributed by atoms with van der Waals surface area (Å²) in [6.07, 6.45) is -1.21. The van der Waals surface area contributed by atoms with Gasteiger partial charge in [-0.25, -0.2) is 0 Å². The van der Waals surface area contributed by atoms with E-state index in [0.29, 0.717) is 11.3 Å². The molecule has 0 saturated carbocycles. The van der Waals surface area contributed by atoms with Gasteiger partial charge in [0.15, 0.2) is 6.10 Å². The molecule has 2 unspecified atom stereocenters. The minimum absolute atomic E-state index is 0.192. The van der Waals surface area contributed by atoms with Gasteiger partial charge in [0.1, 0.15) is 5.75 Å². The summed E-state index contributed by atoms with van der Waals surface area (Å²) in [5.74, 6) is 0.351. The van der Waals surface area contributed by atoms with Gasteiger partial charge in [-0.05, 0) is 32.9 Å². The van der Waals surface area contributed by atoms with Gasteiger partial charge in [0.05, 0.1) is 6.10 Å². The monoisotopic (exact) mass is 237 g/mol. The molecule has 0 aliphatic rings. The predicted octanol–water partition coefficient (Wildman–Crippen LogP) is 1.56. The van der Waals surface area contributed by atoms with Crippen LogP contribution in [-0.2, 0) is 4.79 Å². The van der Waals surface area contributed by atoms with Crippen molar-refractivity contribution in [1.82, 2.24) is 5.32 Å². The molecule has 94 valence electrons. The van der Waals surface area contributed by atoms with Crippen molar-refractivity contribution in [3.05, 3.63) is 29.3 Å². The highest BCUT2D eigenvalue weighted by molar-refractivity contribution is 5.80. The lowest BCUT2D eigenvalue weighted by Gasteiger charge is -2.18. The zero-order valence-electron chi connectivity index (χ0n) is 10.7. The van der Waals surface area contributed by atoms with Crippen LogP contribution >= 0.6 is 0 Å². The Morgan fingerprint density at radius 3 is 2.59 bits per heavy atom. The van der Waals surface area contributed by atoms with Crippen molar-refractivity contribution >= 4 is 5.91 Å². The van der Waals surface area contributed by atoms with Crippen molar-refractivity contribution in [3.63, 3.8) is 0 Å². The first-order chi connectivity index (χ1) is 7.95. The van der Waals surface area contributed by atoms with E-state index in [9.17, 15) is 9.90 Å². The summed E-state index contributed by atoms with van der Waals surface area (Å²) in [5, 5.41) is 12.2. The molecule has 17 heavy (non-hydrogen) atoms. The molecule has 0 saturated heterocycles. The molecular weight excluding hydrogens is 218 g/mol. The fraction of sp³-hybridized carbons (Fsp3) is 0.462. The van der Waals surface area contributed by atoms with Crippen LogP contribution in [0.15, 0.2) is 18.2 Å². The largest absolute Gasteiger partial charge is 0.481 e. The maximum absolute atomic E-state index is 11.4. The number of carbonyl (C=O) groups is 1. The Morgan fingerprint density at radius 2 is 2.06 bits per heavy atom. The van der Waals surface area contributed by atoms with Crippen molar-refractivity contribution in [3.8, 4) is 5.75 Å². The highest BCUT2D eigenvalue weighted by Crippen LogP contribution is 2.27. The van der Waals surface area contributed by atoms with Crippen molar-refractivity contribution in [2.24, 2.45) is 0 Å². The maximum Gasteiger partial charge on any atom is 0.260 e. The van der Waals surface area contributed by atoms with Gasteiger partial charge in [-0.15, -0.1) is 0 Å². The fourth-order valence-corrected chi connectivity index (χ4v) is 1.55. The third kappa shape index (κ3) is 3.46. The molecule has 2 atom stereocenters.